The molecular formula is C20H24N2O3. The van der Waals surface area contributed by atoms with Gasteiger partial charge < -0.3 is 15.0 Å². The van der Waals surface area contributed by atoms with Gasteiger partial charge in [-0.3, -0.25) is 9.59 Å². The Balaban J connectivity index is 1.97. The van der Waals surface area contributed by atoms with Crippen LogP contribution in [0.4, 0.5) is 11.4 Å². The van der Waals surface area contributed by atoms with E-state index in [4.69, 9.17) is 4.74 Å². The molecule has 0 fully saturated rings. The van der Waals surface area contributed by atoms with E-state index >= 15 is 0 Å². The predicted molar refractivity (Wildman–Crippen MR) is 100 cm³/mol. The zero-order valence-electron chi connectivity index (χ0n) is 14.9. The van der Waals surface area contributed by atoms with Crippen LogP contribution in [0, 0.1) is 0 Å². The number of ether oxygens (including phenoxy) is 1. The van der Waals surface area contributed by atoms with Crippen LogP contribution in [0.25, 0.3) is 0 Å². The van der Waals surface area contributed by atoms with Gasteiger partial charge in [0.2, 0.25) is 11.8 Å². The molecule has 0 spiro atoms. The normalized spacial score (nSPS) is 10.2. The van der Waals surface area contributed by atoms with Gasteiger partial charge in [-0.15, -0.1) is 0 Å². The molecule has 2 amide bonds. The van der Waals surface area contributed by atoms with Crippen LogP contribution in [-0.4, -0.2) is 25.5 Å². The van der Waals surface area contributed by atoms with E-state index < -0.39 is 0 Å². The molecule has 5 heteroatoms. The Morgan fingerprint density at radius 2 is 1.84 bits per heavy atom. The lowest BCUT2D eigenvalue weighted by atomic mass is 10.1. The minimum atomic E-state index is -0.126. The van der Waals surface area contributed by atoms with Gasteiger partial charge in [-0.2, -0.15) is 0 Å². The van der Waals surface area contributed by atoms with Crippen molar-refractivity contribution >= 4 is 23.2 Å². The number of carbonyl (C=O) groups excluding carboxylic acids is 2. The molecule has 0 heterocycles. The number of amides is 2. The number of benzene rings is 2. The van der Waals surface area contributed by atoms with Crippen LogP contribution in [-0.2, 0) is 16.0 Å². The number of methoxy groups -OCH3 is 1. The Labute approximate surface area is 148 Å². The van der Waals surface area contributed by atoms with Crippen molar-refractivity contribution in [1.29, 1.82) is 0 Å². The lowest BCUT2D eigenvalue weighted by Gasteiger charge is -2.21. The monoisotopic (exact) mass is 340 g/mol. The molecule has 0 saturated heterocycles. The number of nitrogens with zero attached hydrogens (tertiary/aromatic N) is 1. The fourth-order valence-corrected chi connectivity index (χ4v) is 2.51. The number of nitrogens with one attached hydrogen (secondary N) is 1. The first kappa shape index (κ1) is 18.5. The maximum absolute atomic E-state index is 12.2. The summed E-state index contributed by atoms with van der Waals surface area (Å²) in [5, 5.41) is 2.86. The molecule has 0 aromatic heterocycles. The third kappa shape index (κ3) is 5.35. The van der Waals surface area contributed by atoms with E-state index in [-0.39, 0.29) is 18.2 Å². The molecule has 0 atom stereocenters. The van der Waals surface area contributed by atoms with Crippen molar-refractivity contribution in [2.75, 3.05) is 23.9 Å². The first-order valence-electron chi connectivity index (χ1n) is 8.34. The number of hydrogen-bond donors (Lipinski definition) is 1. The standard InChI is InChI=1S/C20H24N2O3/c1-4-16-8-10-17(11-9-16)21-20(24)12-13-22(15(2)23)18-6-5-7-19(14-18)25-3/h5-11,14H,4,12-13H2,1-3H3,(H,21,24). The molecule has 25 heavy (non-hydrogen) atoms. The molecule has 132 valence electrons. The smallest absolute Gasteiger partial charge is 0.226 e. The fraction of sp³-hybridized carbons (Fsp3) is 0.300. The van der Waals surface area contributed by atoms with Crippen LogP contribution < -0.4 is 15.0 Å². The second kappa shape index (κ2) is 8.87. The highest BCUT2D eigenvalue weighted by molar-refractivity contribution is 5.94. The number of aryl methyl sites for hydroxylation is 1. The molecule has 2 aromatic carbocycles. The van der Waals surface area contributed by atoms with Crippen molar-refractivity contribution in [3.63, 3.8) is 0 Å². The Bertz CT molecular complexity index is 726. The summed E-state index contributed by atoms with van der Waals surface area (Å²) in [6.45, 7) is 3.88. The van der Waals surface area contributed by atoms with E-state index in [0.717, 1.165) is 12.1 Å². The van der Waals surface area contributed by atoms with Crippen molar-refractivity contribution in [2.24, 2.45) is 0 Å². The molecule has 2 aromatic rings. The molecule has 1 N–H and O–H groups in total. The zero-order valence-corrected chi connectivity index (χ0v) is 14.9. The largest absolute Gasteiger partial charge is 0.497 e. The van der Waals surface area contributed by atoms with Gasteiger partial charge in [0.05, 0.1) is 7.11 Å². The minimum Gasteiger partial charge on any atom is -0.497 e. The zero-order chi connectivity index (χ0) is 18.2. The summed E-state index contributed by atoms with van der Waals surface area (Å²) in [6.07, 6.45) is 1.18. The van der Waals surface area contributed by atoms with Crippen LogP contribution in [0.2, 0.25) is 0 Å². The van der Waals surface area contributed by atoms with Gasteiger partial charge in [-0.25, -0.2) is 0 Å². The van der Waals surface area contributed by atoms with Crippen LogP contribution in [0.3, 0.4) is 0 Å². The first-order valence-corrected chi connectivity index (χ1v) is 8.34. The average Bonchev–Trinajstić information content (AvgIpc) is 2.62. The average molecular weight is 340 g/mol. The van der Waals surface area contributed by atoms with Crippen molar-refractivity contribution in [3.05, 3.63) is 54.1 Å². The van der Waals surface area contributed by atoms with Gasteiger partial charge in [0, 0.05) is 37.3 Å². The van der Waals surface area contributed by atoms with E-state index in [1.807, 2.05) is 42.5 Å². The summed E-state index contributed by atoms with van der Waals surface area (Å²) in [7, 11) is 1.58. The van der Waals surface area contributed by atoms with Gasteiger partial charge in [0.1, 0.15) is 5.75 Å². The molecule has 0 unspecified atom stereocenters. The summed E-state index contributed by atoms with van der Waals surface area (Å²) < 4.78 is 5.19. The number of anilines is 2. The second-order valence-corrected chi connectivity index (χ2v) is 5.72. The SMILES string of the molecule is CCc1ccc(NC(=O)CCN(C(C)=O)c2cccc(OC)c2)cc1. The van der Waals surface area contributed by atoms with Gasteiger partial charge in [0.25, 0.3) is 0 Å². The molecule has 0 aliphatic heterocycles. The van der Waals surface area contributed by atoms with Gasteiger partial charge in [-0.05, 0) is 36.2 Å². The summed E-state index contributed by atoms with van der Waals surface area (Å²) in [4.78, 5) is 25.7. The van der Waals surface area contributed by atoms with Crippen molar-refractivity contribution in [2.45, 2.75) is 26.7 Å². The lowest BCUT2D eigenvalue weighted by molar-refractivity contribution is -0.117. The highest BCUT2D eigenvalue weighted by Gasteiger charge is 2.14. The highest BCUT2D eigenvalue weighted by atomic mass is 16.5. The Hall–Kier alpha value is -2.82. The second-order valence-electron chi connectivity index (χ2n) is 5.72. The maximum atomic E-state index is 12.2. The minimum absolute atomic E-state index is 0.117. The van der Waals surface area contributed by atoms with Crippen LogP contribution in [0.15, 0.2) is 48.5 Å². The number of carbonyl (C=O) groups is 2. The van der Waals surface area contributed by atoms with E-state index in [0.29, 0.717) is 18.0 Å². The maximum Gasteiger partial charge on any atom is 0.226 e. The third-order valence-electron chi connectivity index (χ3n) is 3.95. The van der Waals surface area contributed by atoms with Crippen LogP contribution >= 0.6 is 0 Å². The Kier molecular flexibility index (Phi) is 6.57. The quantitative estimate of drug-likeness (QED) is 0.837. The predicted octanol–water partition coefficient (Wildman–Crippen LogP) is 3.64. The Morgan fingerprint density at radius 1 is 1.12 bits per heavy atom. The van der Waals surface area contributed by atoms with E-state index in [2.05, 4.69) is 12.2 Å². The van der Waals surface area contributed by atoms with Crippen molar-refractivity contribution in [1.82, 2.24) is 0 Å². The molecular weight excluding hydrogens is 316 g/mol. The third-order valence-corrected chi connectivity index (χ3v) is 3.95. The van der Waals surface area contributed by atoms with Crippen molar-refractivity contribution in [3.8, 4) is 5.75 Å². The number of rotatable bonds is 7. The molecule has 0 aliphatic carbocycles. The molecule has 0 bridgehead atoms. The summed E-state index contributed by atoms with van der Waals surface area (Å²) in [5.41, 5.74) is 2.70. The van der Waals surface area contributed by atoms with Crippen LogP contribution in [0.1, 0.15) is 25.8 Å². The lowest BCUT2D eigenvalue weighted by Crippen LogP contribution is -2.31. The first-order chi connectivity index (χ1) is 12.0. The van der Waals surface area contributed by atoms with Gasteiger partial charge in [0.15, 0.2) is 0 Å². The summed E-state index contributed by atoms with van der Waals surface area (Å²) >= 11 is 0. The Morgan fingerprint density at radius 3 is 2.44 bits per heavy atom. The molecule has 5 nitrogen and oxygen atoms in total. The van der Waals surface area contributed by atoms with Crippen molar-refractivity contribution < 1.29 is 14.3 Å². The topological polar surface area (TPSA) is 58.6 Å². The van der Waals surface area contributed by atoms with E-state index in [1.165, 1.54) is 12.5 Å². The molecule has 0 aliphatic rings. The van der Waals surface area contributed by atoms with Gasteiger partial charge >= 0.3 is 0 Å². The van der Waals surface area contributed by atoms with E-state index in [9.17, 15) is 9.59 Å². The summed E-state index contributed by atoms with van der Waals surface area (Å²) in [5.74, 6) is 0.427. The molecule has 0 saturated carbocycles. The molecule has 0 radical (unpaired) electrons. The van der Waals surface area contributed by atoms with E-state index in [1.54, 1.807) is 18.1 Å². The fourth-order valence-electron chi connectivity index (χ4n) is 2.51. The highest BCUT2D eigenvalue weighted by Crippen LogP contribution is 2.21. The van der Waals surface area contributed by atoms with Gasteiger partial charge in [-0.1, -0.05) is 25.1 Å². The molecule has 2 rings (SSSR count). The van der Waals surface area contributed by atoms with Crippen LogP contribution in [0.5, 0.6) is 5.75 Å². The summed E-state index contributed by atoms with van der Waals surface area (Å²) in [6, 6.07) is 15.0. The number of hydrogen-bond acceptors (Lipinski definition) is 3.